The van der Waals surface area contributed by atoms with Gasteiger partial charge in [-0.15, -0.1) is 0 Å². The number of aliphatic hydroxyl groups excluding tert-OH is 1. The molecule has 5 heteroatoms. The standard InChI is InChI=1S/C13H18O5/c1-3-9(13(16)17)12(15)8-5-6-10(14)11(7-8)18-4-2/h5-7,9,12,14-15H,3-4H2,1-2H3,(H,16,17). The van der Waals surface area contributed by atoms with Crippen molar-refractivity contribution >= 4 is 5.97 Å². The van der Waals surface area contributed by atoms with Crippen molar-refractivity contribution in [1.29, 1.82) is 0 Å². The van der Waals surface area contributed by atoms with E-state index in [-0.39, 0.29) is 11.5 Å². The van der Waals surface area contributed by atoms with Gasteiger partial charge in [-0.25, -0.2) is 0 Å². The molecule has 0 radical (unpaired) electrons. The molecule has 3 N–H and O–H groups in total. The lowest BCUT2D eigenvalue weighted by atomic mass is 9.93. The van der Waals surface area contributed by atoms with E-state index in [2.05, 4.69) is 0 Å². The van der Waals surface area contributed by atoms with Crippen LogP contribution in [0.2, 0.25) is 0 Å². The summed E-state index contributed by atoms with van der Waals surface area (Å²) in [4.78, 5) is 11.0. The van der Waals surface area contributed by atoms with Crippen LogP contribution in [0.25, 0.3) is 0 Å². The maximum atomic E-state index is 11.0. The highest BCUT2D eigenvalue weighted by molar-refractivity contribution is 5.71. The lowest BCUT2D eigenvalue weighted by Crippen LogP contribution is -2.21. The van der Waals surface area contributed by atoms with Gasteiger partial charge in [0.1, 0.15) is 0 Å². The Morgan fingerprint density at radius 2 is 2.06 bits per heavy atom. The van der Waals surface area contributed by atoms with E-state index in [0.29, 0.717) is 18.6 Å². The van der Waals surface area contributed by atoms with Gasteiger partial charge in [0.25, 0.3) is 0 Å². The number of rotatable bonds is 6. The van der Waals surface area contributed by atoms with E-state index in [4.69, 9.17) is 9.84 Å². The summed E-state index contributed by atoms with van der Waals surface area (Å²) in [7, 11) is 0. The summed E-state index contributed by atoms with van der Waals surface area (Å²) >= 11 is 0. The molecule has 1 aromatic carbocycles. The summed E-state index contributed by atoms with van der Waals surface area (Å²) in [6.45, 7) is 3.85. The second-order valence-corrected chi connectivity index (χ2v) is 3.96. The Kier molecular flexibility index (Phi) is 4.97. The number of phenolic OH excluding ortho intramolecular Hbond substituents is 1. The molecule has 0 aromatic heterocycles. The zero-order valence-corrected chi connectivity index (χ0v) is 10.5. The molecule has 0 saturated heterocycles. The molecule has 0 aliphatic rings. The van der Waals surface area contributed by atoms with Crippen molar-refractivity contribution in [3.63, 3.8) is 0 Å². The number of carboxylic acid groups (broad SMARTS) is 1. The van der Waals surface area contributed by atoms with Gasteiger partial charge >= 0.3 is 5.97 Å². The summed E-state index contributed by atoms with van der Waals surface area (Å²) in [6.07, 6.45) is -0.797. The molecular formula is C13H18O5. The molecule has 0 heterocycles. The molecule has 2 unspecified atom stereocenters. The first-order valence-electron chi connectivity index (χ1n) is 5.87. The fourth-order valence-electron chi connectivity index (χ4n) is 1.75. The number of hydrogen-bond acceptors (Lipinski definition) is 4. The molecule has 1 aromatic rings. The molecular weight excluding hydrogens is 236 g/mol. The third kappa shape index (κ3) is 3.13. The molecule has 0 spiro atoms. The van der Waals surface area contributed by atoms with Crippen LogP contribution in [0.15, 0.2) is 18.2 Å². The Hall–Kier alpha value is -1.75. The molecule has 0 aliphatic heterocycles. The van der Waals surface area contributed by atoms with Crippen LogP contribution in [0.5, 0.6) is 11.5 Å². The Morgan fingerprint density at radius 1 is 1.39 bits per heavy atom. The predicted molar refractivity (Wildman–Crippen MR) is 65.7 cm³/mol. The Balaban J connectivity index is 3.01. The zero-order valence-electron chi connectivity index (χ0n) is 10.5. The van der Waals surface area contributed by atoms with Gasteiger partial charge in [0.15, 0.2) is 11.5 Å². The number of aromatic hydroxyl groups is 1. The van der Waals surface area contributed by atoms with Crippen molar-refractivity contribution < 1.29 is 24.9 Å². The molecule has 5 nitrogen and oxygen atoms in total. The minimum absolute atomic E-state index is 0.0313. The third-order valence-electron chi connectivity index (χ3n) is 2.76. The van der Waals surface area contributed by atoms with Crippen molar-refractivity contribution in [2.24, 2.45) is 5.92 Å². The van der Waals surface area contributed by atoms with E-state index in [1.54, 1.807) is 13.8 Å². The lowest BCUT2D eigenvalue weighted by Gasteiger charge is -2.19. The monoisotopic (exact) mass is 254 g/mol. The molecule has 0 aliphatic carbocycles. The number of carboxylic acids is 1. The highest BCUT2D eigenvalue weighted by atomic mass is 16.5. The molecule has 2 atom stereocenters. The lowest BCUT2D eigenvalue weighted by molar-refractivity contribution is -0.146. The second kappa shape index (κ2) is 6.26. The normalized spacial score (nSPS) is 13.9. The third-order valence-corrected chi connectivity index (χ3v) is 2.76. The highest BCUT2D eigenvalue weighted by Gasteiger charge is 2.26. The summed E-state index contributed by atoms with van der Waals surface area (Å²) in [5, 5.41) is 28.5. The maximum Gasteiger partial charge on any atom is 0.309 e. The van der Waals surface area contributed by atoms with Crippen LogP contribution in [0.3, 0.4) is 0 Å². The first kappa shape index (κ1) is 14.3. The molecule has 0 saturated carbocycles. The van der Waals surface area contributed by atoms with Gasteiger partial charge < -0.3 is 20.1 Å². The largest absolute Gasteiger partial charge is 0.504 e. The first-order valence-corrected chi connectivity index (χ1v) is 5.87. The van der Waals surface area contributed by atoms with Crippen molar-refractivity contribution in [2.75, 3.05) is 6.61 Å². The van der Waals surface area contributed by atoms with Gasteiger partial charge in [0.05, 0.1) is 18.6 Å². The van der Waals surface area contributed by atoms with Crippen LogP contribution in [0.1, 0.15) is 31.9 Å². The number of aliphatic hydroxyl groups is 1. The maximum absolute atomic E-state index is 11.0. The van der Waals surface area contributed by atoms with Crippen LogP contribution >= 0.6 is 0 Å². The predicted octanol–water partition coefficient (Wildman–Crippen LogP) is 1.94. The smallest absolute Gasteiger partial charge is 0.309 e. The fraction of sp³-hybridized carbons (Fsp3) is 0.462. The van der Waals surface area contributed by atoms with E-state index >= 15 is 0 Å². The summed E-state index contributed by atoms with van der Waals surface area (Å²) in [5.41, 5.74) is 0.422. The van der Waals surface area contributed by atoms with E-state index < -0.39 is 18.0 Å². The van der Waals surface area contributed by atoms with Crippen LogP contribution < -0.4 is 4.74 Å². The fourth-order valence-corrected chi connectivity index (χ4v) is 1.75. The van der Waals surface area contributed by atoms with Crippen molar-refractivity contribution in [3.05, 3.63) is 23.8 Å². The molecule has 18 heavy (non-hydrogen) atoms. The molecule has 0 fully saturated rings. The minimum atomic E-state index is -1.12. The van der Waals surface area contributed by atoms with Gasteiger partial charge in [0.2, 0.25) is 0 Å². The van der Waals surface area contributed by atoms with Crippen molar-refractivity contribution in [2.45, 2.75) is 26.4 Å². The summed E-state index contributed by atoms with van der Waals surface area (Å²) < 4.78 is 5.19. The number of aliphatic carboxylic acids is 1. The van der Waals surface area contributed by atoms with E-state index in [1.807, 2.05) is 0 Å². The first-order chi connectivity index (χ1) is 8.51. The van der Waals surface area contributed by atoms with Crippen LogP contribution in [0.4, 0.5) is 0 Å². The summed E-state index contributed by atoms with van der Waals surface area (Å²) in [6, 6.07) is 4.35. The van der Waals surface area contributed by atoms with Gasteiger partial charge in [-0.2, -0.15) is 0 Å². The van der Waals surface area contributed by atoms with Crippen LogP contribution in [0, 0.1) is 5.92 Å². The quantitative estimate of drug-likeness (QED) is 0.722. The molecule has 100 valence electrons. The van der Waals surface area contributed by atoms with E-state index in [0.717, 1.165) is 0 Å². The van der Waals surface area contributed by atoms with Gasteiger partial charge in [-0.05, 0) is 31.0 Å². The SMILES string of the molecule is CCOc1cc(C(O)C(CC)C(=O)O)ccc1O. The average Bonchev–Trinajstić information content (AvgIpc) is 2.32. The zero-order chi connectivity index (χ0) is 13.7. The second-order valence-electron chi connectivity index (χ2n) is 3.96. The minimum Gasteiger partial charge on any atom is -0.504 e. The molecule has 0 amide bonds. The van der Waals surface area contributed by atoms with Crippen molar-refractivity contribution in [1.82, 2.24) is 0 Å². The van der Waals surface area contributed by atoms with Crippen molar-refractivity contribution in [3.8, 4) is 11.5 Å². The average molecular weight is 254 g/mol. The van der Waals surface area contributed by atoms with Crippen LogP contribution in [-0.2, 0) is 4.79 Å². The van der Waals surface area contributed by atoms with Gasteiger partial charge in [-0.1, -0.05) is 13.0 Å². The molecule has 0 bridgehead atoms. The highest BCUT2D eigenvalue weighted by Crippen LogP contribution is 2.32. The number of hydrogen-bond donors (Lipinski definition) is 3. The Morgan fingerprint density at radius 3 is 2.56 bits per heavy atom. The van der Waals surface area contributed by atoms with Gasteiger partial charge in [-0.3, -0.25) is 4.79 Å². The number of carbonyl (C=O) groups is 1. The van der Waals surface area contributed by atoms with Gasteiger partial charge in [0, 0.05) is 0 Å². The topological polar surface area (TPSA) is 87.0 Å². The van der Waals surface area contributed by atoms with E-state index in [9.17, 15) is 15.0 Å². The number of ether oxygens (including phenoxy) is 1. The summed E-state index contributed by atoms with van der Waals surface area (Å²) in [5.74, 6) is -1.70. The number of benzene rings is 1. The Bertz CT molecular complexity index is 416. The molecule has 1 rings (SSSR count). The Labute approximate surface area is 106 Å². The number of phenols is 1. The van der Waals surface area contributed by atoms with Crippen LogP contribution in [-0.4, -0.2) is 27.9 Å². The van der Waals surface area contributed by atoms with E-state index in [1.165, 1.54) is 18.2 Å².